The summed E-state index contributed by atoms with van der Waals surface area (Å²) in [4.78, 5) is 21.0. The van der Waals surface area contributed by atoms with Gasteiger partial charge >= 0.3 is 5.97 Å². The minimum Gasteiger partial charge on any atom is -0.469 e. The summed E-state index contributed by atoms with van der Waals surface area (Å²) in [5.74, 6) is 2.02. The lowest BCUT2D eigenvalue weighted by molar-refractivity contribution is -0.152. The molecule has 0 saturated heterocycles. The molecule has 4 saturated carbocycles. The van der Waals surface area contributed by atoms with E-state index in [1.807, 2.05) is 6.07 Å². The van der Waals surface area contributed by atoms with E-state index in [9.17, 15) is 4.79 Å². The van der Waals surface area contributed by atoms with Crippen molar-refractivity contribution in [3.05, 3.63) is 17.0 Å². The highest BCUT2D eigenvalue weighted by atomic mass is 35.5. The molecule has 4 fully saturated rings. The average molecular weight is 336 g/mol. The highest BCUT2D eigenvalue weighted by Gasteiger charge is 2.48. The number of ether oxygens (including phenoxy) is 1. The normalized spacial score (nSPS) is 32.6. The van der Waals surface area contributed by atoms with E-state index in [1.165, 1.54) is 32.8 Å². The number of carbonyl (C=O) groups is 1. The van der Waals surface area contributed by atoms with Gasteiger partial charge in [0.05, 0.1) is 18.7 Å². The van der Waals surface area contributed by atoms with Gasteiger partial charge in [-0.3, -0.25) is 4.79 Å². The van der Waals surface area contributed by atoms with Gasteiger partial charge in [-0.15, -0.1) is 0 Å². The van der Waals surface area contributed by atoms with Gasteiger partial charge in [0.1, 0.15) is 5.82 Å². The lowest BCUT2D eigenvalue weighted by atomic mass is 9.61. The molecule has 2 atom stereocenters. The Hall–Kier alpha value is -1.36. The van der Waals surface area contributed by atoms with Crippen LogP contribution in [-0.2, 0) is 9.53 Å². The number of nitrogens with one attached hydrogen (secondary N) is 1. The van der Waals surface area contributed by atoms with Gasteiger partial charge in [0.25, 0.3) is 0 Å². The standard InChI is InChI=1S/C17H22ClN3O2/c1-23-16(22)14-10-4-6-11(7-5-10)15(14)20-13-8-12(9-2-3-9)19-17(18)21-13/h8-11,14-15H,2-7H2,1H3,(H,19,20,21). The minimum atomic E-state index is -0.0977. The van der Waals surface area contributed by atoms with Crippen LogP contribution in [0.3, 0.4) is 0 Å². The molecular weight excluding hydrogens is 314 g/mol. The van der Waals surface area contributed by atoms with Crippen LogP contribution < -0.4 is 5.32 Å². The number of aromatic nitrogens is 2. The second-order valence-electron chi connectivity index (χ2n) is 7.12. The Morgan fingerprint density at radius 1 is 1.17 bits per heavy atom. The SMILES string of the molecule is COC(=O)C1C2CCC(CC2)C1Nc1cc(C2CC2)nc(Cl)n1. The van der Waals surface area contributed by atoms with Crippen molar-refractivity contribution in [3.8, 4) is 0 Å². The van der Waals surface area contributed by atoms with Gasteiger partial charge in [-0.1, -0.05) is 0 Å². The Balaban J connectivity index is 1.59. The highest BCUT2D eigenvalue weighted by Crippen LogP contribution is 2.47. The maximum Gasteiger partial charge on any atom is 0.311 e. The van der Waals surface area contributed by atoms with Gasteiger partial charge in [-0.25, -0.2) is 9.97 Å². The van der Waals surface area contributed by atoms with Crippen molar-refractivity contribution < 1.29 is 9.53 Å². The third-order valence-corrected chi connectivity index (χ3v) is 5.89. The lowest BCUT2D eigenvalue weighted by Crippen LogP contribution is -2.51. The summed E-state index contributed by atoms with van der Waals surface area (Å²) in [6, 6.07) is 2.09. The Morgan fingerprint density at radius 3 is 2.52 bits per heavy atom. The molecule has 0 aromatic carbocycles. The first kappa shape index (κ1) is 15.2. The number of methoxy groups -OCH3 is 1. The zero-order valence-corrected chi connectivity index (χ0v) is 14.1. The molecule has 124 valence electrons. The third-order valence-electron chi connectivity index (χ3n) is 5.72. The number of anilines is 1. The molecule has 5 rings (SSSR count). The van der Waals surface area contributed by atoms with Crippen molar-refractivity contribution >= 4 is 23.4 Å². The number of nitrogens with zero attached hydrogens (tertiary/aromatic N) is 2. The molecule has 0 radical (unpaired) electrons. The van der Waals surface area contributed by atoms with Crippen LogP contribution >= 0.6 is 11.6 Å². The predicted molar refractivity (Wildman–Crippen MR) is 87.4 cm³/mol. The Bertz CT molecular complexity index is 612. The molecule has 23 heavy (non-hydrogen) atoms. The molecule has 4 aliphatic carbocycles. The quantitative estimate of drug-likeness (QED) is 0.675. The zero-order chi connectivity index (χ0) is 16.0. The topological polar surface area (TPSA) is 64.1 Å². The van der Waals surface area contributed by atoms with Gasteiger partial charge in [0, 0.05) is 18.0 Å². The van der Waals surface area contributed by atoms with Crippen molar-refractivity contribution in [3.63, 3.8) is 0 Å². The summed E-state index contributed by atoms with van der Waals surface area (Å²) in [5, 5.41) is 3.79. The number of rotatable bonds is 4. The fourth-order valence-corrected chi connectivity index (χ4v) is 4.59. The molecule has 6 heteroatoms. The van der Waals surface area contributed by atoms with Gasteiger partial charge in [0.2, 0.25) is 5.28 Å². The number of esters is 1. The molecule has 4 aliphatic rings. The van der Waals surface area contributed by atoms with Gasteiger partial charge in [-0.05, 0) is 62.0 Å². The van der Waals surface area contributed by atoms with Gasteiger partial charge < -0.3 is 10.1 Å². The lowest BCUT2D eigenvalue weighted by Gasteiger charge is -2.47. The zero-order valence-electron chi connectivity index (χ0n) is 13.3. The second kappa shape index (κ2) is 5.93. The van der Waals surface area contributed by atoms with Crippen LogP contribution in [0.4, 0.5) is 5.82 Å². The first-order chi connectivity index (χ1) is 11.2. The number of fused-ring (bicyclic) bond motifs is 3. The summed E-state index contributed by atoms with van der Waals surface area (Å²) in [6.45, 7) is 0. The first-order valence-corrected chi connectivity index (χ1v) is 8.92. The van der Waals surface area contributed by atoms with E-state index in [1.54, 1.807) is 0 Å². The van der Waals surface area contributed by atoms with E-state index in [0.717, 1.165) is 24.4 Å². The van der Waals surface area contributed by atoms with Crippen molar-refractivity contribution in [1.82, 2.24) is 9.97 Å². The summed E-state index contributed by atoms with van der Waals surface area (Å²) < 4.78 is 5.07. The maximum atomic E-state index is 12.3. The second-order valence-corrected chi connectivity index (χ2v) is 7.45. The summed E-state index contributed by atoms with van der Waals surface area (Å²) in [5.41, 5.74) is 1.02. The maximum absolute atomic E-state index is 12.3. The van der Waals surface area contributed by atoms with Gasteiger partial charge in [-0.2, -0.15) is 0 Å². The van der Waals surface area contributed by atoms with Gasteiger partial charge in [0.15, 0.2) is 0 Å². The minimum absolute atomic E-state index is 0.0781. The number of carbonyl (C=O) groups excluding carboxylic acids is 1. The predicted octanol–water partition coefficient (Wildman–Crippen LogP) is 3.40. The highest BCUT2D eigenvalue weighted by molar-refractivity contribution is 6.28. The Labute approximate surface area is 141 Å². The first-order valence-electron chi connectivity index (χ1n) is 8.54. The van der Waals surface area contributed by atoms with E-state index in [0.29, 0.717) is 17.8 Å². The largest absolute Gasteiger partial charge is 0.469 e. The molecule has 2 unspecified atom stereocenters. The molecule has 0 aliphatic heterocycles. The Kier molecular flexibility index (Phi) is 3.92. The van der Waals surface area contributed by atoms with E-state index in [4.69, 9.17) is 16.3 Å². The Morgan fingerprint density at radius 2 is 1.87 bits per heavy atom. The molecule has 1 aromatic heterocycles. The molecule has 0 amide bonds. The van der Waals surface area contributed by atoms with Crippen LogP contribution in [-0.4, -0.2) is 29.1 Å². The van der Waals surface area contributed by atoms with Crippen LogP contribution in [0.2, 0.25) is 5.28 Å². The summed E-state index contributed by atoms with van der Waals surface area (Å²) in [7, 11) is 1.48. The van der Waals surface area contributed by atoms with Crippen LogP contribution in [0.1, 0.15) is 50.1 Å². The third kappa shape index (κ3) is 2.91. The molecule has 1 N–H and O–H groups in total. The van der Waals surface area contributed by atoms with E-state index >= 15 is 0 Å². The number of hydrogen-bond donors (Lipinski definition) is 1. The summed E-state index contributed by atoms with van der Waals surface area (Å²) in [6.07, 6.45) is 6.94. The molecule has 5 nitrogen and oxygen atoms in total. The van der Waals surface area contributed by atoms with E-state index in [-0.39, 0.29) is 23.2 Å². The number of halogens is 1. The van der Waals surface area contributed by atoms with Crippen LogP contribution in [0, 0.1) is 17.8 Å². The molecule has 0 spiro atoms. The fourth-order valence-electron chi connectivity index (χ4n) is 4.40. The monoisotopic (exact) mass is 335 g/mol. The van der Waals surface area contributed by atoms with Crippen molar-refractivity contribution in [1.29, 1.82) is 0 Å². The van der Waals surface area contributed by atoms with Crippen molar-refractivity contribution in [2.45, 2.75) is 50.5 Å². The fraction of sp³-hybridized carbons (Fsp3) is 0.706. The van der Waals surface area contributed by atoms with Crippen LogP contribution in [0.15, 0.2) is 6.07 Å². The number of hydrogen-bond acceptors (Lipinski definition) is 5. The van der Waals surface area contributed by atoms with E-state index < -0.39 is 0 Å². The summed E-state index contributed by atoms with van der Waals surface area (Å²) >= 11 is 6.09. The molecule has 1 aromatic rings. The van der Waals surface area contributed by atoms with Crippen LogP contribution in [0.5, 0.6) is 0 Å². The van der Waals surface area contributed by atoms with E-state index in [2.05, 4.69) is 15.3 Å². The van der Waals surface area contributed by atoms with Crippen molar-refractivity contribution in [2.75, 3.05) is 12.4 Å². The smallest absolute Gasteiger partial charge is 0.311 e. The molecule has 1 heterocycles. The van der Waals surface area contributed by atoms with Crippen LogP contribution in [0.25, 0.3) is 0 Å². The molecule has 2 bridgehead atoms. The molecular formula is C17H22ClN3O2. The van der Waals surface area contributed by atoms with Crippen molar-refractivity contribution in [2.24, 2.45) is 17.8 Å². The average Bonchev–Trinajstić information content (AvgIpc) is 3.39.